The highest BCUT2D eigenvalue weighted by Gasteiger charge is 2.14. The van der Waals surface area contributed by atoms with Crippen LogP contribution >= 0.6 is 0 Å². The van der Waals surface area contributed by atoms with Gasteiger partial charge in [0.1, 0.15) is 0 Å². The van der Waals surface area contributed by atoms with E-state index in [2.05, 4.69) is 16.5 Å². The van der Waals surface area contributed by atoms with Crippen LogP contribution in [0, 0.1) is 0 Å². The van der Waals surface area contributed by atoms with E-state index < -0.39 is 10.0 Å². The van der Waals surface area contributed by atoms with Crippen molar-refractivity contribution in [3.05, 3.63) is 78.4 Å². The Bertz CT molecular complexity index is 1170. The maximum atomic E-state index is 12.6. The summed E-state index contributed by atoms with van der Waals surface area (Å²) in [5.41, 5.74) is 1.20. The van der Waals surface area contributed by atoms with Gasteiger partial charge in [-0.25, -0.2) is 4.83 Å². The van der Waals surface area contributed by atoms with Crippen molar-refractivity contribution < 1.29 is 18.3 Å². The number of fused-ring (bicyclic) bond motifs is 1. The van der Waals surface area contributed by atoms with Gasteiger partial charge in [0.25, 0.3) is 10.0 Å². The highest BCUT2D eigenvalue weighted by Crippen LogP contribution is 2.32. The predicted octanol–water partition coefficient (Wildman–Crippen LogP) is 3.99. The molecule has 0 aliphatic heterocycles. The number of phenolic OH excluding ortho intramolecular Hbond substituents is 1. The lowest BCUT2D eigenvalue weighted by Gasteiger charge is -2.11. The van der Waals surface area contributed by atoms with E-state index in [1.807, 2.05) is 31.2 Å². The number of nitrogens with zero attached hydrogens (tertiary/aromatic N) is 1. The Hall–Kier alpha value is -3.32. The van der Waals surface area contributed by atoms with Crippen molar-refractivity contribution in [3.8, 4) is 11.5 Å². The van der Waals surface area contributed by atoms with Gasteiger partial charge in [-0.3, -0.25) is 0 Å². The van der Waals surface area contributed by atoms with Crippen LogP contribution in [0.15, 0.2) is 77.2 Å². The van der Waals surface area contributed by atoms with Crippen LogP contribution in [0.4, 0.5) is 0 Å². The van der Waals surface area contributed by atoms with Crippen LogP contribution in [0.3, 0.4) is 0 Å². The summed E-state index contributed by atoms with van der Waals surface area (Å²) in [5.74, 6) is 0.353. The molecule has 3 aromatic carbocycles. The normalized spacial score (nSPS) is 11.6. The molecule has 150 valence electrons. The molecular weight excluding hydrogens is 388 g/mol. The van der Waals surface area contributed by atoms with Gasteiger partial charge >= 0.3 is 0 Å². The first-order valence-corrected chi connectivity index (χ1v) is 10.6. The second-order valence-corrected chi connectivity index (χ2v) is 7.98. The number of aromatic hydroxyl groups is 1. The number of rotatable bonds is 8. The Morgan fingerprint density at radius 2 is 1.90 bits per heavy atom. The number of ether oxygens (including phenoxy) is 1. The summed E-state index contributed by atoms with van der Waals surface area (Å²) < 4.78 is 30.5. The highest BCUT2D eigenvalue weighted by molar-refractivity contribution is 7.89. The number of allylic oxidation sites excluding steroid dienone is 1. The Labute approximate surface area is 170 Å². The number of hydrazone groups is 1. The monoisotopic (exact) mass is 410 g/mol. The Kier molecular flexibility index (Phi) is 6.19. The van der Waals surface area contributed by atoms with Crippen molar-refractivity contribution in [1.82, 2.24) is 4.83 Å². The standard InChI is InChI=1S/C22H22N2O4S/c1-3-7-19-12-16(13-21(22(19)25)28-4-2)15-23-24-29(26,27)20-11-10-17-8-5-6-9-18(17)14-20/h3,5-6,8-15,24-25H,1,4,7H2,2H3/b23-15-. The lowest BCUT2D eigenvalue weighted by atomic mass is 10.1. The summed E-state index contributed by atoms with van der Waals surface area (Å²) in [7, 11) is -3.82. The predicted molar refractivity (Wildman–Crippen MR) is 115 cm³/mol. The molecule has 7 heteroatoms. The van der Waals surface area contributed by atoms with Crippen LogP contribution in [-0.4, -0.2) is 26.3 Å². The Balaban J connectivity index is 1.84. The Morgan fingerprint density at radius 1 is 1.14 bits per heavy atom. The van der Waals surface area contributed by atoms with Crippen molar-refractivity contribution in [2.24, 2.45) is 5.10 Å². The van der Waals surface area contributed by atoms with Gasteiger partial charge in [-0.05, 0) is 53.9 Å². The number of nitrogens with one attached hydrogen (secondary N) is 1. The Morgan fingerprint density at radius 3 is 2.62 bits per heavy atom. The van der Waals surface area contributed by atoms with Gasteiger partial charge in [0.15, 0.2) is 11.5 Å². The zero-order valence-electron chi connectivity index (χ0n) is 16.0. The number of hydrogen-bond acceptors (Lipinski definition) is 5. The summed E-state index contributed by atoms with van der Waals surface area (Å²) in [6.45, 7) is 5.87. The van der Waals surface area contributed by atoms with E-state index in [0.29, 0.717) is 29.9 Å². The molecule has 0 bridgehead atoms. The molecule has 0 heterocycles. The van der Waals surface area contributed by atoms with Crippen molar-refractivity contribution in [2.45, 2.75) is 18.2 Å². The summed E-state index contributed by atoms with van der Waals surface area (Å²) >= 11 is 0. The molecular formula is C22H22N2O4S. The molecule has 6 nitrogen and oxygen atoms in total. The topological polar surface area (TPSA) is 88.0 Å². The molecule has 0 aliphatic carbocycles. The van der Waals surface area contributed by atoms with E-state index in [-0.39, 0.29) is 10.6 Å². The lowest BCUT2D eigenvalue weighted by Crippen LogP contribution is -2.18. The molecule has 0 aromatic heterocycles. The van der Waals surface area contributed by atoms with E-state index in [1.54, 1.807) is 30.3 Å². The first-order chi connectivity index (χ1) is 13.9. The molecule has 0 fully saturated rings. The summed E-state index contributed by atoms with van der Waals surface area (Å²) in [4.78, 5) is 2.35. The second kappa shape index (κ2) is 8.79. The zero-order valence-corrected chi connectivity index (χ0v) is 16.8. The quantitative estimate of drug-likeness (QED) is 0.334. The molecule has 0 radical (unpaired) electrons. The average Bonchev–Trinajstić information content (AvgIpc) is 2.71. The lowest BCUT2D eigenvalue weighted by molar-refractivity contribution is 0.317. The van der Waals surface area contributed by atoms with Gasteiger partial charge in [0.2, 0.25) is 0 Å². The SMILES string of the molecule is C=CCc1cc(/C=N\NS(=O)(=O)c2ccc3ccccc3c2)cc(OCC)c1O. The molecule has 29 heavy (non-hydrogen) atoms. The van der Waals surface area contributed by atoms with E-state index in [1.165, 1.54) is 12.3 Å². The summed E-state index contributed by atoms with van der Waals surface area (Å²) in [6, 6.07) is 15.7. The molecule has 0 amide bonds. The van der Waals surface area contributed by atoms with E-state index in [0.717, 1.165) is 10.8 Å². The van der Waals surface area contributed by atoms with Gasteiger partial charge in [-0.1, -0.05) is 36.4 Å². The van der Waals surface area contributed by atoms with E-state index in [9.17, 15) is 13.5 Å². The van der Waals surface area contributed by atoms with Crippen molar-refractivity contribution in [3.63, 3.8) is 0 Å². The maximum absolute atomic E-state index is 12.6. The van der Waals surface area contributed by atoms with Crippen molar-refractivity contribution >= 4 is 27.0 Å². The molecule has 0 atom stereocenters. The van der Waals surface area contributed by atoms with E-state index in [4.69, 9.17) is 4.74 Å². The molecule has 0 saturated heterocycles. The number of phenols is 1. The van der Waals surface area contributed by atoms with Gasteiger partial charge in [0.05, 0.1) is 17.7 Å². The largest absolute Gasteiger partial charge is 0.504 e. The molecule has 3 rings (SSSR count). The maximum Gasteiger partial charge on any atom is 0.276 e. The summed E-state index contributed by atoms with van der Waals surface area (Å²) in [5, 5.41) is 15.9. The fourth-order valence-corrected chi connectivity index (χ4v) is 3.72. The first kappa shape index (κ1) is 20.4. The third kappa shape index (κ3) is 4.75. The first-order valence-electron chi connectivity index (χ1n) is 9.08. The smallest absolute Gasteiger partial charge is 0.276 e. The molecule has 0 unspecified atom stereocenters. The number of hydrogen-bond donors (Lipinski definition) is 2. The van der Waals surface area contributed by atoms with Crippen LogP contribution in [0.1, 0.15) is 18.1 Å². The molecule has 0 saturated carbocycles. The van der Waals surface area contributed by atoms with Crippen LogP contribution in [0.25, 0.3) is 10.8 Å². The van der Waals surface area contributed by atoms with Crippen LogP contribution in [0.2, 0.25) is 0 Å². The average molecular weight is 410 g/mol. The van der Waals surface area contributed by atoms with Gasteiger partial charge in [0, 0.05) is 5.56 Å². The van der Waals surface area contributed by atoms with Crippen LogP contribution < -0.4 is 9.57 Å². The van der Waals surface area contributed by atoms with Gasteiger partial charge < -0.3 is 9.84 Å². The molecule has 0 aliphatic rings. The van der Waals surface area contributed by atoms with Crippen LogP contribution in [-0.2, 0) is 16.4 Å². The fourth-order valence-electron chi connectivity index (χ4n) is 2.90. The minimum absolute atomic E-state index is 0.0423. The van der Waals surface area contributed by atoms with Crippen molar-refractivity contribution in [1.29, 1.82) is 0 Å². The van der Waals surface area contributed by atoms with Crippen LogP contribution in [0.5, 0.6) is 11.5 Å². The number of benzene rings is 3. The van der Waals surface area contributed by atoms with Crippen molar-refractivity contribution in [2.75, 3.05) is 6.61 Å². The van der Waals surface area contributed by atoms with Gasteiger partial charge in [-0.15, -0.1) is 6.58 Å². The molecule has 2 N–H and O–H groups in total. The van der Waals surface area contributed by atoms with Gasteiger partial charge in [-0.2, -0.15) is 13.5 Å². The zero-order chi connectivity index (χ0) is 20.9. The second-order valence-electron chi connectivity index (χ2n) is 6.31. The molecule has 3 aromatic rings. The molecule has 0 spiro atoms. The minimum atomic E-state index is -3.82. The fraction of sp³-hybridized carbons (Fsp3) is 0.136. The highest BCUT2D eigenvalue weighted by atomic mass is 32.2. The minimum Gasteiger partial charge on any atom is -0.504 e. The number of sulfonamides is 1. The van der Waals surface area contributed by atoms with E-state index >= 15 is 0 Å². The summed E-state index contributed by atoms with van der Waals surface area (Å²) in [6.07, 6.45) is 3.47. The third-order valence-corrected chi connectivity index (χ3v) is 5.48. The third-order valence-electron chi connectivity index (χ3n) is 4.26.